The number of thioether (sulfide) groups is 1. The van der Waals surface area contributed by atoms with Crippen LogP contribution < -0.4 is 5.32 Å². The Morgan fingerprint density at radius 1 is 1.45 bits per heavy atom. The number of hydrogen-bond acceptors (Lipinski definition) is 5. The molecule has 0 aliphatic carbocycles. The van der Waals surface area contributed by atoms with Gasteiger partial charge in [-0.3, -0.25) is 0 Å². The molecule has 3 rings (SSSR count). The summed E-state index contributed by atoms with van der Waals surface area (Å²) < 4.78 is 5.44. The molecule has 1 aliphatic rings. The van der Waals surface area contributed by atoms with Gasteiger partial charge in [-0.15, -0.1) is 0 Å². The van der Waals surface area contributed by atoms with E-state index in [0.717, 1.165) is 28.0 Å². The molecule has 0 bridgehead atoms. The van der Waals surface area contributed by atoms with Crippen LogP contribution in [0.15, 0.2) is 28.8 Å². The molecule has 0 radical (unpaired) electrons. The highest BCUT2D eigenvalue weighted by molar-refractivity contribution is 7.99. The van der Waals surface area contributed by atoms with Gasteiger partial charge in [-0.25, -0.2) is 0 Å². The third kappa shape index (κ3) is 3.00. The molecule has 106 valence electrons. The summed E-state index contributed by atoms with van der Waals surface area (Å²) in [6.45, 7) is 0. The normalized spacial score (nSPS) is 22.3. The highest BCUT2D eigenvalue weighted by atomic mass is 35.5. The minimum atomic E-state index is 0.311. The first-order chi connectivity index (χ1) is 9.76. The highest BCUT2D eigenvalue weighted by Gasteiger charge is 2.32. The first-order valence-corrected chi connectivity index (χ1v) is 8.11. The zero-order chi connectivity index (χ0) is 13.9. The van der Waals surface area contributed by atoms with Crippen molar-refractivity contribution in [3.63, 3.8) is 0 Å². The van der Waals surface area contributed by atoms with E-state index in [9.17, 15) is 0 Å². The lowest BCUT2D eigenvalue weighted by molar-refractivity contribution is 0.341. The number of aromatic nitrogens is 2. The lowest BCUT2D eigenvalue weighted by Crippen LogP contribution is -2.31. The number of halogens is 1. The predicted octanol–water partition coefficient (Wildman–Crippen LogP) is 2.73. The van der Waals surface area contributed by atoms with E-state index in [1.54, 1.807) is 0 Å². The predicted molar refractivity (Wildman–Crippen MR) is 81.5 cm³/mol. The summed E-state index contributed by atoms with van der Waals surface area (Å²) >= 11 is 7.90. The third-order valence-electron chi connectivity index (χ3n) is 3.50. The van der Waals surface area contributed by atoms with Gasteiger partial charge < -0.3 is 9.84 Å². The van der Waals surface area contributed by atoms with Gasteiger partial charge in [0.25, 0.3) is 0 Å². The van der Waals surface area contributed by atoms with Gasteiger partial charge in [-0.1, -0.05) is 28.9 Å². The summed E-state index contributed by atoms with van der Waals surface area (Å²) in [4.78, 5) is 4.54. The van der Waals surface area contributed by atoms with Crippen molar-refractivity contribution in [1.29, 1.82) is 0 Å². The van der Waals surface area contributed by atoms with Gasteiger partial charge in [0.15, 0.2) is 5.82 Å². The minimum absolute atomic E-state index is 0.311. The van der Waals surface area contributed by atoms with Gasteiger partial charge in [-0.2, -0.15) is 16.7 Å². The lowest BCUT2D eigenvalue weighted by atomic mass is 10.0. The van der Waals surface area contributed by atoms with E-state index in [2.05, 4.69) is 15.5 Å². The van der Waals surface area contributed by atoms with Crippen molar-refractivity contribution < 1.29 is 4.52 Å². The Labute approximate surface area is 127 Å². The van der Waals surface area contributed by atoms with Crippen LogP contribution in [-0.4, -0.2) is 34.7 Å². The van der Waals surface area contributed by atoms with Crippen molar-refractivity contribution in [1.82, 2.24) is 15.5 Å². The SMILES string of the molecule is CNC1CSCC1c1nc(Cc2cccc(Cl)c2)no1. The van der Waals surface area contributed by atoms with Crippen molar-refractivity contribution >= 4 is 23.4 Å². The van der Waals surface area contributed by atoms with E-state index in [-0.39, 0.29) is 0 Å². The van der Waals surface area contributed by atoms with Crippen LogP contribution in [0, 0.1) is 0 Å². The average Bonchev–Trinajstić information content (AvgIpc) is 3.06. The molecule has 2 unspecified atom stereocenters. The molecule has 2 atom stereocenters. The molecule has 0 spiro atoms. The number of hydrogen-bond donors (Lipinski definition) is 1. The fourth-order valence-electron chi connectivity index (χ4n) is 2.40. The molecule has 2 heterocycles. The molecule has 1 fully saturated rings. The second-order valence-corrected chi connectivity index (χ2v) is 6.41. The number of nitrogens with one attached hydrogen (secondary N) is 1. The van der Waals surface area contributed by atoms with Crippen molar-refractivity contribution in [2.24, 2.45) is 0 Å². The van der Waals surface area contributed by atoms with E-state index < -0.39 is 0 Å². The first-order valence-electron chi connectivity index (χ1n) is 6.58. The summed E-state index contributed by atoms with van der Waals surface area (Å²) in [5.74, 6) is 3.89. The van der Waals surface area contributed by atoms with Crippen LogP contribution in [0.5, 0.6) is 0 Å². The summed E-state index contributed by atoms with van der Waals surface area (Å²) in [7, 11) is 1.98. The van der Waals surface area contributed by atoms with E-state index in [1.807, 2.05) is 43.1 Å². The van der Waals surface area contributed by atoms with Gasteiger partial charge in [0, 0.05) is 29.0 Å². The smallest absolute Gasteiger partial charge is 0.232 e. The fourth-order valence-corrected chi connectivity index (χ4v) is 4.03. The Balaban J connectivity index is 1.73. The Morgan fingerprint density at radius 3 is 3.15 bits per heavy atom. The van der Waals surface area contributed by atoms with Crippen molar-refractivity contribution in [2.75, 3.05) is 18.6 Å². The maximum Gasteiger partial charge on any atom is 0.232 e. The first kappa shape index (κ1) is 13.9. The van der Waals surface area contributed by atoms with Gasteiger partial charge >= 0.3 is 0 Å². The molecule has 1 aliphatic heterocycles. The summed E-state index contributed by atoms with van der Waals surface area (Å²) in [6.07, 6.45) is 0.647. The number of rotatable bonds is 4. The van der Waals surface area contributed by atoms with E-state index in [4.69, 9.17) is 16.1 Å². The van der Waals surface area contributed by atoms with Crippen molar-refractivity contribution in [2.45, 2.75) is 18.4 Å². The summed E-state index contributed by atoms with van der Waals surface area (Å²) in [5, 5.41) is 8.13. The van der Waals surface area contributed by atoms with E-state index in [1.165, 1.54) is 0 Å². The number of nitrogens with zero attached hydrogens (tertiary/aromatic N) is 2. The van der Waals surface area contributed by atoms with Crippen LogP contribution >= 0.6 is 23.4 Å². The van der Waals surface area contributed by atoms with Crippen LogP contribution in [0.3, 0.4) is 0 Å². The number of likely N-dealkylation sites (N-methyl/N-ethyl adjacent to an activating group) is 1. The van der Waals surface area contributed by atoms with Gasteiger partial charge in [0.05, 0.1) is 5.92 Å². The van der Waals surface area contributed by atoms with E-state index >= 15 is 0 Å². The van der Waals surface area contributed by atoms with Crippen LogP contribution in [0.25, 0.3) is 0 Å². The topological polar surface area (TPSA) is 51.0 Å². The monoisotopic (exact) mass is 309 g/mol. The van der Waals surface area contributed by atoms with Crippen LogP contribution in [0.2, 0.25) is 5.02 Å². The molecule has 6 heteroatoms. The molecule has 1 aromatic heterocycles. The third-order valence-corrected chi connectivity index (χ3v) is 4.93. The zero-order valence-corrected chi connectivity index (χ0v) is 12.7. The Hall–Kier alpha value is -1.04. The molecular weight excluding hydrogens is 294 g/mol. The van der Waals surface area contributed by atoms with Crippen LogP contribution in [-0.2, 0) is 6.42 Å². The standard InChI is InChI=1S/C14H16ClN3OS/c1-16-12-8-20-7-11(12)14-17-13(18-19-14)6-9-3-2-4-10(15)5-9/h2-5,11-12,16H,6-8H2,1H3. The van der Waals surface area contributed by atoms with Crippen molar-refractivity contribution in [3.05, 3.63) is 46.6 Å². The highest BCUT2D eigenvalue weighted by Crippen LogP contribution is 2.31. The largest absolute Gasteiger partial charge is 0.339 e. The van der Waals surface area contributed by atoms with Crippen LogP contribution in [0.1, 0.15) is 23.2 Å². The average molecular weight is 310 g/mol. The summed E-state index contributed by atoms with van der Waals surface area (Å²) in [6, 6.07) is 8.16. The maximum absolute atomic E-state index is 5.98. The van der Waals surface area contributed by atoms with Crippen molar-refractivity contribution in [3.8, 4) is 0 Å². The van der Waals surface area contributed by atoms with E-state index in [0.29, 0.717) is 24.2 Å². The quantitative estimate of drug-likeness (QED) is 0.941. The molecule has 1 aromatic carbocycles. The van der Waals surface area contributed by atoms with Crippen LogP contribution in [0.4, 0.5) is 0 Å². The number of benzene rings is 1. The van der Waals surface area contributed by atoms with Gasteiger partial charge in [-0.05, 0) is 24.7 Å². The Morgan fingerprint density at radius 2 is 2.35 bits per heavy atom. The lowest BCUT2D eigenvalue weighted by Gasteiger charge is -2.13. The van der Waals surface area contributed by atoms with Gasteiger partial charge in [0.2, 0.25) is 5.89 Å². The molecule has 1 N–H and O–H groups in total. The zero-order valence-electron chi connectivity index (χ0n) is 11.2. The Kier molecular flexibility index (Phi) is 4.29. The molecule has 0 saturated carbocycles. The maximum atomic E-state index is 5.98. The van der Waals surface area contributed by atoms with Gasteiger partial charge in [0.1, 0.15) is 0 Å². The minimum Gasteiger partial charge on any atom is -0.339 e. The molecule has 4 nitrogen and oxygen atoms in total. The molecule has 1 saturated heterocycles. The fraction of sp³-hybridized carbons (Fsp3) is 0.429. The Bertz CT molecular complexity index is 589. The molecule has 0 amide bonds. The molecular formula is C14H16ClN3OS. The second-order valence-electron chi connectivity index (χ2n) is 4.89. The molecule has 20 heavy (non-hydrogen) atoms. The summed E-state index contributed by atoms with van der Waals surface area (Å²) in [5.41, 5.74) is 1.09. The molecule has 2 aromatic rings. The second kappa shape index (κ2) is 6.16.